The van der Waals surface area contributed by atoms with Gasteiger partial charge in [-0.25, -0.2) is 0 Å². The summed E-state index contributed by atoms with van der Waals surface area (Å²) in [6, 6.07) is 0.962. The Balaban J connectivity index is 1.65. The van der Waals surface area contributed by atoms with E-state index in [1.807, 2.05) is 0 Å². The number of nitrogens with two attached hydrogens (primary N) is 1. The molecule has 3 nitrogen and oxygen atoms in total. The van der Waals surface area contributed by atoms with Crippen LogP contribution < -0.4 is 5.73 Å². The summed E-state index contributed by atoms with van der Waals surface area (Å²) in [4.78, 5) is 2.60. The summed E-state index contributed by atoms with van der Waals surface area (Å²) in [7, 11) is 0. The normalized spacial score (nSPS) is 48.0. The first-order valence-corrected chi connectivity index (χ1v) is 7.43. The molecular formula is C14H26N2O. The number of aliphatic hydroxyl groups excluding tert-OH is 1. The Morgan fingerprint density at radius 2 is 1.76 bits per heavy atom. The molecule has 0 aromatic rings. The van der Waals surface area contributed by atoms with E-state index in [4.69, 9.17) is 5.73 Å². The fourth-order valence-electron chi connectivity index (χ4n) is 4.31. The van der Waals surface area contributed by atoms with Gasteiger partial charge in [-0.2, -0.15) is 0 Å². The summed E-state index contributed by atoms with van der Waals surface area (Å²) in [6.45, 7) is 2.30. The second-order valence-electron chi connectivity index (χ2n) is 6.39. The molecule has 0 spiro atoms. The standard InChI is InChI=1S/C14H26N2O/c15-12-4-2-1-3-5-13(12)16-8-10-6-7-14(17)11(10)9-16/h10-14,17H,1-9,15H2. The van der Waals surface area contributed by atoms with Gasteiger partial charge in [0, 0.05) is 31.1 Å². The Bertz CT molecular complexity index is 271. The van der Waals surface area contributed by atoms with Gasteiger partial charge in [0.15, 0.2) is 0 Å². The Kier molecular flexibility index (Phi) is 3.42. The van der Waals surface area contributed by atoms with Gasteiger partial charge in [0.2, 0.25) is 0 Å². The van der Waals surface area contributed by atoms with Crippen molar-refractivity contribution in [1.82, 2.24) is 4.90 Å². The van der Waals surface area contributed by atoms with Crippen LogP contribution >= 0.6 is 0 Å². The Morgan fingerprint density at radius 1 is 0.941 bits per heavy atom. The third-order valence-corrected chi connectivity index (χ3v) is 5.35. The average molecular weight is 238 g/mol. The number of hydrogen-bond acceptors (Lipinski definition) is 3. The summed E-state index contributed by atoms with van der Waals surface area (Å²) in [5.74, 6) is 1.30. The number of likely N-dealkylation sites (tertiary alicyclic amines) is 1. The van der Waals surface area contributed by atoms with Crippen LogP contribution in [0.3, 0.4) is 0 Å². The van der Waals surface area contributed by atoms with Crippen molar-refractivity contribution >= 4 is 0 Å². The van der Waals surface area contributed by atoms with Crippen LogP contribution in [0.5, 0.6) is 0 Å². The van der Waals surface area contributed by atoms with Crippen LogP contribution in [0.4, 0.5) is 0 Å². The molecule has 98 valence electrons. The highest BCUT2D eigenvalue weighted by Crippen LogP contribution is 2.40. The molecule has 0 aromatic heterocycles. The van der Waals surface area contributed by atoms with Crippen LogP contribution in [-0.2, 0) is 0 Å². The van der Waals surface area contributed by atoms with Gasteiger partial charge < -0.3 is 10.8 Å². The monoisotopic (exact) mass is 238 g/mol. The highest BCUT2D eigenvalue weighted by molar-refractivity contribution is 4.97. The third-order valence-electron chi connectivity index (χ3n) is 5.35. The van der Waals surface area contributed by atoms with Crippen molar-refractivity contribution in [3.05, 3.63) is 0 Å². The highest BCUT2D eigenvalue weighted by Gasteiger charge is 2.44. The molecule has 0 amide bonds. The molecule has 3 rings (SSSR count). The molecule has 3 heteroatoms. The molecule has 3 N–H and O–H groups in total. The average Bonchev–Trinajstić information content (AvgIpc) is 2.79. The van der Waals surface area contributed by atoms with Gasteiger partial charge >= 0.3 is 0 Å². The van der Waals surface area contributed by atoms with Crippen molar-refractivity contribution < 1.29 is 5.11 Å². The summed E-state index contributed by atoms with van der Waals surface area (Å²) in [6.07, 6.45) is 8.69. The molecule has 17 heavy (non-hydrogen) atoms. The van der Waals surface area contributed by atoms with Crippen LogP contribution in [0.1, 0.15) is 44.9 Å². The maximum atomic E-state index is 9.98. The van der Waals surface area contributed by atoms with E-state index >= 15 is 0 Å². The van der Waals surface area contributed by atoms with Gasteiger partial charge in [-0.1, -0.05) is 19.3 Å². The van der Waals surface area contributed by atoms with E-state index < -0.39 is 0 Å². The lowest BCUT2D eigenvalue weighted by Crippen LogP contribution is -2.46. The van der Waals surface area contributed by atoms with Crippen molar-refractivity contribution in [3.8, 4) is 0 Å². The first-order valence-electron chi connectivity index (χ1n) is 7.43. The largest absolute Gasteiger partial charge is 0.393 e. The molecule has 0 radical (unpaired) electrons. The summed E-state index contributed by atoms with van der Waals surface area (Å²) in [5, 5.41) is 9.98. The SMILES string of the molecule is NC1CCCCCC1N1CC2CCC(O)C2C1. The Labute approximate surface area is 104 Å². The van der Waals surface area contributed by atoms with Crippen LogP contribution in [0.15, 0.2) is 0 Å². The van der Waals surface area contributed by atoms with Crippen molar-refractivity contribution in [2.75, 3.05) is 13.1 Å². The first-order chi connectivity index (χ1) is 8.25. The van der Waals surface area contributed by atoms with E-state index in [2.05, 4.69) is 4.90 Å². The zero-order chi connectivity index (χ0) is 11.8. The molecule has 5 atom stereocenters. The molecular weight excluding hydrogens is 212 g/mol. The van der Waals surface area contributed by atoms with Crippen LogP contribution in [0.25, 0.3) is 0 Å². The van der Waals surface area contributed by atoms with E-state index in [9.17, 15) is 5.11 Å². The molecule has 1 saturated heterocycles. The highest BCUT2D eigenvalue weighted by atomic mass is 16.3. The number of hydrogen-bond donors (Lipinski definition) is 2. The van der Waals surface area contributed by atoms with E-state index in [1.165, 1.54) is 45.1 Å². The number of fused-ring (bicyclic) bond motifs is 1. The molecule has 3 fully saturated rings. The number of aliphatic hydroxyl groups is 1. The summed E-state index contributed by atoms with van der Waals surface area (Å²) < 4.78 is 0. The fourth-order valence-corrected chi connectivity index (χ4v) is 4.31. The predicted molar refractivity (Wildman–Crippen MR) is 68.6 cm³/mol. The smallest absolute Gasteiger partial charge is 0.0583 e. The second-order valence-corrected chi connectivity index (χ2v) is 6.39. The summed E-state index contributed by atoms with van der Waals surface area (Å²) >= 11 is 0. The van der Waals surface area contributed by atoms with Gasteiger partial charge in [0.05, 0.1) is 6.10 Å². The zero-order valence-electron chi connectivity index (χ0n) is 10.7. The number of rotatable bonds is 1. The molecule has 5 unspecified atom stereocenters. The van der Waals surface area contributed by atoms with Crippen molar-refractivity contribution in [2.45, 2.75) is 63.1 Å². The molecule has 0 bridgehead atoms. The quantitative estimate of drug-likeness (QED) is 0.678. The third kappa shape index (κ3) is 2.25. The Hall–Kier alpha value is -0.120. The molecule has 2 aliphatic carbocycles. The van der Waals surface area contributed by atoms with Crippen molar-refractivity contribution in [3.63, 3.8) is 0 Å². The molecule has 1 aliphatic heterocycles. The minimum absolute atomic E-state index is 0.0352. The van der Waals surface area contributed by atoms with E-state index in [0.29, 0.717) is 18.0 Å². The topological polar surface area (TPSA) is 49.5 Å². The van der Waals surface area contributed by atoms with Crippen LogP contribution in [-0.4, -0.2) is 41.3 Å². The lowest BCUT2D eigenvalue weighted by molar-refractivity contribution is 0.113. The van der Waals surface area contributed by atoms with Gasteiger partial charge in [0.25, 0.3) is 0 Å². The van der Waals surface area contributed by atoms with Gasteiger partial charge in [-0.15, -0.1) is 0 Å². The molecule has 3 aliphatic rings. The van der Waals surface area contributed by atoms with Crippen LogP contribution in [0.2, 0.25) is 0 Å². The van der Waals surface area contributed by atoms with E-state index in [0.717, 1.165) is 18.9 Å². The molecule has 1 heterocycles. The maximum absolute atomic E-state index is 9.98. The van der Waals surface area contributed by atoms with E-state index in [-0.39, 0.29) is 6.10 Å². The fraction of sp³-hybridized carbons (Fsp3) is 1.00. The zero-order valence-corrected chi connectivity index (χ0v) is 10.7. The van der Waals surface area contributed by atoms with Gasteiger partial charge in [0.1, 0.15) is 0 Å². The molecule has 0 aromatic carbocycles. The van der Waals surface area contributed by atoms with Crippen molar-refractivity contribution in [1.29, 1.82) is 0 Å². The maximum Gasteiger partial charge on any atom is 0.0583 e. The predicted octanol–water partition coefficient (Wildman–Crippen LogP) is 1.35. The summed E-state index contributed by atoms with van der Waals surface area (Å²) in [5.41, 5.74) is 6.34. The van der Waals surface area contributed by atoms with E-state index in [1.54, 1.807) is 0 Å². The number of nitrogens with zero attached hydrogens (tertiary/aromatic N) is 1. The minimum Gasteiger partial charge on any atom is -0.393 e. The lowest BCUT2D eigenvalue weighted by Gasteiger charge is -2.32. The minimum atomic E-state index is -0.0352. The van der Waals surface area contributed by atoms with Crippen LogP contribution in [0, 0.1) is 11.8 Å². The van der Waals surface area contributed by atoms with Gasteiger partial charge in [-0.3, -0.25) is 4.90 Å². The van der Waals surface area contributed by atoms with Gasteiger partial charge in [-0.05, 0) is 31.6 Å². The Morgan fingerprint density at radius 3 is 2.59 bits per heavy atom. The first kappa shape index (κ1) is 11.9. The molecule has 2 saturated carbocycles. The lowest BCUT2D eigenvalue weighted by atomic mass is 9.99. The van der Waals surface area contributed by atoms with Crippen molar-refractivity contribution in [2.24, 2.45) is 17.6 Å². The second kappa shape index (κ2) is 4.87.